The van der Waals surface area contributed by atoms with Crippen molar-refractivity contribution in [3.63, 3.8) is 0 Å². The number of fused-ring (bicyclic) bond motifs is 1. The fourth-order valence-electron chi connectivity index (χ4n) is 4.08. The molecule has 29 heavy (non-hydrogen) atoms. The predicted molar refractivity (Wildman–Crippen MR) is 114 cm³/mol. The van der Waals surface area contributed by atoms with E-state index in [9.17, 15) is 9.59 Å². The molecule has 0 spiro atoms. The fourth-order valence-corrected chi connectivity index (χ4v) is 4.08. The molecule has 0 amide bonds. The SMILES string of the molecule is CCCCCCCCOC(=O)C12C=CCCC1(C(=O)OCCCCCCCC)O2. The monoisotopic (exact) mass is 408 g/mol. The van der Waals surface area contributed by atoms with Crippen molar-refractivity contribution in [1.29, 1.82) is 0 Å². The Morgan fingerprint density at radius 2 is 1.31 bits per heavy atom. The van der Waals surface area contributed by atoms with Gasteiger partial charge in [0, 0.05) is 0 Å². The second kappa shape index (κ2) is 12.4. The highest BCUT2D eigenvalue weighted by atomic mass is 16.7. The van der Waals surface area contributed by atoms with Crippen molar-refractivity contribution in [2.24, 2.45) is 0 Å². The quantitative estimate of drug-likeness (QED) is 0.143. The minimum absolute atomic E-state index is 0.382. The molecule has 0 aromatic carbocycles. The molecule has 0 aromatic heterocycles. The highest BCUT2D eigenvalue weighted by Gasteiger charge is 2.80. The highest BCUT2D eigenvalue weighted by Crippen LogP contribution is 2.56. The minimum atomic E-state index is -1.26. The lowest BCUT2D eigenvalue weighted by molar-refractivity contribution is -0.153. The molecular formula is C24H40O5. The number of carbonyl (C=O) groups excluding carboxylic acids is 2. The fraction of sp³-hybridized carbons (Fsp3) is 0.833. The molecule has 0 radical (unpaired) electrons. The van der Waals surface area contributed by atoms with Gasteiger partial charge in [-0.05, 0) is 31.8 Å². The molecule has 0 aromatic rings. The van der Waals surface area contributed by atoms with Crippen LogP contribution < -0.4 is 0 Å². The largest absolute Gasteiger partial charge is 0.463 e. The Morgan fingerprint density at radius 3 is 1.90 bits per heavy atom. The van der Waals surface area contributed by atoms with Gasteiger partial charge in [-0.25, -0.2) is 9.59 Å². The van der Waals surface area contributed by atoms with Crippen molar-refractivity contribution >= 4 is 11.9 Å². The van der Waals surface area contributed by atoms with Gasteiger partial charge in [0.15, 0.2) is 0 Å². The molecule has 2 atom stereocenters. The number of allylic oxidation sites excluding steroid dienone is 1. The van der Waals surface area contributed by atoms with Crippen LogP contribution in [0.2, 0.25) is 0 Å². The third kappa shape index (κ3) is 6.31. The molecular weight excluding hydrogens is 368 g/mol. The van der Waals surface area contributed by atoms with Crippen molar-refractivity contribution < 1.29 is 23.8 Å². The van der Waals surface area contributed by atoms with E-state index in [1.807, 2.05) is 6.08 Å². The molecule has 1 aliphatic heterocycles. The summed E-state index contributed by atoms with van der Waals surface area (Å²) >= 11 is 0. The summed E-state index contributed by atoms with van der Waals surface area (Å²) in [5.74, 6) is -0.856. The van der Waals surface area contributed by atoms with E-state index in [0.717, 1.165) is 25.7 Å². The van der Waals surface area contributed by atoms with Crippen LogP contribution in [0.25, 0.3) is 0 Å². The van der Waals surface area contributed by atoms with Crippen LogP contribution in [0.5, 0.6) is 0 Å². The van der Waals surface area contributed by atoms with Crippen molar-refractivity contribution in [2.75, 3.05) is 13.2 Å². The van der Waals surface area contributed by atoms with Crippen LogP contribution in [-0.2, 0) is 23.8 Å². The van der Waals surface area contributed by atoms with E-state index in [1.54, 1.807) is 6.08 Å². The van der Waals surface area contributed by atoms with Gasteiger partial charge >= 0.3 is 11.9 Å². The number of hydrogen-bond acceptors (Lipinski definition) is 5. The van der Waals surface area contributed by atoms with Gasteiger partial charge in [0.05, 0.1) is 13.2 Å². The Hall–Kier alpha value is -1.36. The standard InChI is InChI=1S/C24H40O5/c1-3-5-7-9-11-15-19-27-21(25)23-17-13-14-18-24(23,29-23)22(26)28-20-16-12-10-8-6-4-2/h13,17H,3-12,14-16,18-20H2,1-2H3. The second-order valence-corrected chi connectivity index (χ2v) is 8.41. The first-order valence-electron chi connectivity index (χ1n) is 11.9. The third-order valence-electron chi connectivity index (χ3n) is 6.00. The Bertz CT molecular complexity index is 543. The maximum Gasteiger partial charge on any atom is 0.346 e. The van der Waals surface area contributed by atoms with Gasteiger partial charge < -0.3 is 14.2 Å². The van der Waals surface area contributed by atoms with Crippen LogP contribution in [0.3, 0.4) is 0 Å². The molecule has 166 valence electrons. The van der Waals surface area contributed by atoms with Gasteiger partial charge in [-0.3, -0.25) is 0 Å². The van der Waals surface area contributed by atoms with Gasteiger partial charge in [0.2, 0.25) is 11.2 Å². The number of ether oxygens (including phenoxy) is 3. The van der Waals surface area contributed by atoms with Crippen LogP contribution in [-0.4, -0.2) is 36.4 Å². The average Bonchev–Trinajstić information content (AvgIpc) is 3.44. The number of rotatable bonds is 16. The topological polar surface area (TPSA) is 65.1 Å². The van der Waals surface area contributed by atoms with Crippen molar-refractivity contribution in [3.05, 3.63) is 12.2 Å². The molecule has 1 saturated heterocycles. The maximum absolute atomic E-state index is 12.7. The van der Waals surface area contributed by atoms with Crippen LogP contribution >= 0.6 is 0 Å². The highest BCUT2D eigenvalue weighted by molar-refractivity contribution is 6.00. The Morgan fingerprint density at radius 1 is 0.793 bits per heavy atom. The van der Waals surface area contributed by atoms with E-state index in [4.69, 9.17) is 14.2 Å². The van der Waals surface area contributed by atoms with Crippen molar-refractivity contribution in [3.8, 4) is 0 Å². The van der Waals surface area contributed by atoms with Gasteiger partial charge in [0.25, 0.3) is 0 Å². The summed E-state index contributed by atoms with van der Waals surface area (Å²) in [6.07, 6.45) is 18.4. The molecule has 1 aliphatic carbocycles. The van der Waals surface area contributed by atoms with Crippen molar-refractivity contribution in [1.82, 2.24) is 0 Å². The summed E-state index contributed by atoms with van der Waals surface area (Å²) < 4.78 is 16.7. The van der Waals surface area contributed by atoms with Crippen molar-refractivity contribution in [2.45, 2.75) is 115 Å². The molecule has 2 aliphatic rings. The van der Waals surface area contributed by atoms with Gasteiger partial charge in [-0.2, -0.15) is 0 Å². The van der Waals surface area contributed by atoms with Crippen LogP contribution in [0.15, 0.2) is 12.2 Å². The van der Waals surface area contributed by atoms with Gasteiger partial charge in [-0.15, -0.1) is 0 Å². The summed E-state index contributed by atoms with van der Waals surface area (Å²) in [7, 11) is 0. The summed E-state index contributed by atoms with van der Waals surface area (Å²) in [4.78, 5) is 25.4. The van der Waals surface area contributed by atoms with Crippen LogP contribution in [0.4, 0.5) is 0 Å². The number of hydrogen-bond donors (Lipinski definition) is 0. The lowest BCUT2D eigenvalue weighted by Gasteiger charge is -2.18. The molecule has 1 fully saturated rings. The van der Waals surface area contributed by atoms with E-state index in [2.05, 4.69) is 13.8 Å². The lowest BCUT2D eigenvalue weighted by Crippen LogP contribution is -2.42. The molecule has 0 bridgehead atoms. The number of epoxide rings is 1. The van der Waals surface area contributed by atoms with Gasteiger partial charge in [0.1, 0.15) is 0 Å². The van der Waals surface area contributed by atoms with E-state index in [0.29, 0.717) is 26.1 Å². The second-order valence-electron chi connectivity index (χ2n) is 8.41. The Balaban J connectivity index is 1.72. The van der Waals surface area contributed by atoms with E-state index < -0.39 is 23.1 Å². The Labute approximate surface area is 176 Å². The molecule has 2 unspecified atom stereocenters. The molecule has 0 N–H and O–H groups in total. The normalized spacial score (nSPS) is 24.8. The number of unbranched alkanes of at least 4 members (excludes halogenated alkanes) is 10. The molecule has 2 rings (SSSR count). The number of carbonyl (C=O) groups is 2. The zero-order chi connectivity index (χ0) is 21.0. The first-order valence-corrected chi connectivity index (χ1v) is 11.9. The summed E-state index contributed by atoms with van der Waals surface area (Å²) in [6, 6.07) is 0. The average molecular weight is 409 g/mol. The third-order valence-corrected chi connectivity index (χ3v) is 6.00. The lowest BCUT2D eigenvalue weighted by atomic mass is 9.84. The first kappa shape index (κ1) is 23.9. The van der Waals surface area contributed by atoms with E-state index in [1.165, 1.54) is 51.4 Å². The summed E-state index contributed by atoms with van der Waals surface area (Å²) in [5, 5.41) is 0. The number of esters is 2. The Kier molecular flexibility index (Phi) is 10.2. The molecule has 5 heteroatoms. The zero-order valence-electron chi connectivity index (χ0n) is 18.5. The van der Waals surface area contributed by atoms with Crippen LogP contribution in [0, 0.1) is 0 Å². The predicted octanol–water partition coefficient (Wildman–Crippen LogP) is 5.65. The van der Waals surface area contributed by atoms with E-state index in [-0.39, 0.29) is 0 Å². The first-order chi connectivity index (χ1) is 14.1. The maximum atomic E-state index is 12.7. The van der Waals surface area contributed by atoms with E-state index >= 15 is 0 Å². The zero-order valence-corrected chi connectivity index (χ0v) is 18.5. The molecule has 0 saturated carbocycles. The van der Waals surface area contributed by atoms with Crippen LogP contribution in [0.1, 0.15) is 104 Å². The molecule has 5 nitrogen and oxygen atoms in total. The minimum Gasteiger partial charge on any atom is -0.463 e. The van der Waals surface area contributed by atoms with Gasteiger partial charge in [-0.1, -0.05) is 84.1 Å². The molecule has 1 heterocycles. The summed E-state index contributed by atoms with van der Waals surface area (Å²) in [5.41, 5.74) is -2.42. The summed E-state index contributed by atoms with van der Waals surface area (Å²) in [6.45, 7) is 5.16. The smallest absolute Gasteiger partial charge is 0.346 e.